The van der Waals surface area contributed by atoms with Crippen LogP contribution < -0.4 is 5.32 Å². The molecule has 2 aromatic rings. The van der Waals surface area contributed by atoms with E-state index < -0.39 is 0 Å². The van der Waals surface area contributed by atoms with Crippen molar-refractivity contribution in [2.45, 2.75) is 26.2 Å². The molecule has 106 valence electrons. The van der Waals surface area contributed by atoms with Crippen molar-refractivity contribution in [3.63, 3.8) is 0 Å². The molecule has 1 aliphatic rings. The van der Waals surface area contributed by atoms with Crippen LogP contribution in [0.5, 0.6) is 0 Å². The molecule has 0 aliphatic heterocycles. The second kappa shape index (κ2) is 5.66. The van der Waals surface area contributed by atoms with Crippen LogP contribution in [0, 0.1) is 17.2 Å². The number of nitrogens with one attached hydrogen (secondary N) is 1. The van der Waals surface area contributed by atoms with Crippen LogP contribution in [0.3, 0.4) is 0 Å². The van der Waals surface area contributed by atoms with Crippen molar-refractivity contribution in [1.82, 2.24) is 4.98 Å². The van der Waals surface area contributed by atoms with Gasteiger partial charge in [-0.05, 0) is 42.9 Å². The van der Waals surface area contributed by atoms with Gasteiger partial charge in [0.05, 0.1) is 11.1 Å². The monoisotopic (exact) mass is 297 g/mol. The Bertz CT molecular complexity index is 715. The van der Waals surface area contributed by atoms with Crippen LogP contribution in [-0.4, -0.2) is 10.9 Å². The summed E-state index contributed by atoms with van der Waals surface area (Å²) in [5.74, 6) is 0.427. The molecule has 1 aliphatic carbocycles. The highest BCUT2D eigenvalue weighted by molar-refractivity contribution is 7.16. The van der Waals surface area contributed by atoms with E-state index in [-0.39, 0.29) is 5.91 Å². The van der Waals surface area contributed by atoms with Crippen LogP contribution in [0.25, 0.3) is 0 Å². The molecule has 4 nitrogen and oxygen atoms in total. The molecule has 0 fully saturated rings. The Morgan fingerprint density at radius 3 is 3.14 bits per heavy atom. The summed E-state index contributed by atoms with van der Waals surface area (Å²) in [6, 6.07) is 5.69. The fourth-order valence-electron chi connectivity index (χ4n) is 2.63. The molecule has 0 aromatic carbocycles. The zero-order valence-corrected chi connectivity index (χ0v) is 12.5. The van der Waals surface area contributed by atoms with Gasteiger partial charge in [0, 0.05) is 17.3 Å². The van der Waals surface area contributed by atoms with E-state index in [0.717, 1.165) is 24.8 Å². The van der Waals surface area contributed by atoms with Crippen LogP contribution in [0.15, 0.2) is 24.5 Å². The maximum atomic E-state index is 12.2. The zero-order chi connectivity index (χ0) is 14.8. The lowest BCUT2D eigenvalue weighted by molar-refractivity contribution is 0.102. The Morgan fingerprint density at radius 2 is 2.43 bits per heavy atom. The first kappa shape index (κ1) is 13.8. The molecule has 0 radical (unpaired) electrons. The molecule has 1 N–H and O–H groups in total. The Balaban J connectivity index is 1.90. The molecule has 0 saturated heterocycles. The van der Waals surface area contributed by atoms with Gasteiger partial charge in [0.15, 0.2) is 0 Å². The van der Waals surface area contributed by atoms with Gasteiger partial charge in [0.25, 0.3) is 5.91 Å². The summed E-state index contributed by atoms with van der Waals surface area (Å²) in [5, 5.41) is 12.9. The van der Waals surface area contributed by atoms with Crippen LogP contribution in [0.1, 0.15) is 39.7 Å². The summed E-state index contributed by atoms with van der Waals surface area (Å²) in [4.78, 5) is 17.4. The van der Waals surface area contributed by atoms with Gasteiger partial charge in [0.1, 0.15) is 11.1 Å². The highest BCUT2D eigenvalue weighted by Crippen LogP contribution is 2.39. The van der Waals surface area contributed by atoms with Gasteiger partial charge in [-0.3, -0.25) is 9.78 Å². The maximum Gasteiger partial charge on any atom is 0.257 e. The van der Waals surface area contributed by atoms with E-state index in [1.807, 2.05) is 0 Å². The molecule has 1 amide bonds. The number of fused-ring (bicyclic) bond motifs is 1. The van der Waals surface area contributed by atoms with Gasteiger partial charge in [-0.25, -0.2) is 0 Å². The Morgan fingerprint density at radius 1 is 1.57 bits per heavy atom. The van der Waals surface area contributed by atoms with Crippen molar-refractivity contribution < 1.29 is 4.79 Å². The minimum atomic E-state index is -0.216. The Hall–Kier alpha value is -2.19. The number of carbonyl (C=O) groups is 1. The fraction of sp³-hybridized carbons (Fsp3) is 0.312. The molecule has 0 bridgehead atoms. The zero-order valence-electron chi connectivity index (χ0n) is 11.7. The largest absolute Gasteiger partial charge is 0.312 e. The van der Waals surface area contributed by atoms with Crippen LogP contribution in [0.2, 0.25) is 0 Å². The first-order chi connectivity index (χ1) is 10.2. The lowest BCUT2D eigenvalue weighted by Gasteiger charge is -2.17. The van der Waals surface area contributed by atoms with Gasteiger partial charge in [0.2, 0.25) is 0 Å². The van der Waals surface area contributed by atoms with Crippen LogP contribution in [-0.2, 0) is 12.8 Å². The number of thiophene rings is 1. The Kier molecular flexibility index (Phi) is 3.72. The topological polar surface area (TPSA) is 65.8 Å². The van der Waals surface area contributed by atoms with Crippen molar-refractivity contribution in [3.05, 3.63) is 46.1 Å². The number of nitriles is 1. The minimum Gasteiger partial charge on any atom is -0.312 e. The lowest BCUT2D eigenvalue weighted by atomic mass is 9.88. The third-order valence-corrected chi connectivity index (χ3v) is 4.94. The quantitative estimate of drug-likeness (QED) is 0.924. The number of hydrogen-bond acceptors (Lipinski definition) is 4. The van der Waals surface area contributed by atoms with Crippen molar-refractivity contribution in [3.8, 4) is 6.07 Å². The first-order valence-electron chi connectivity index (χ1n) is 6.95. The number of nitrogens with zero attached hydrogens (tertiary/aromatic N) is 2. The van der Waals surface area contributed by atoms with Gasteiger partial charge < -0.3 is 5.32 Å². The van der Waals surface area contributed by atoms with Gasteiger partial charge in [-0.2, -0.15) is 5.26 Å². The highest BCUT2D eigenvalue weighted by atomic mass is 32.1. The number of anilines is 1. The molecule has 2 heterocycles. The fourth-order valence-corrected chi connectivity index (χ4v) is 3.99. The summed E-state index contributed by atoms with van der Waals surface area (Å²) in [5.41, 5.74) is 2.27. The average Bonchev–Trinajstić information content (AvgIpc) is 2.84. The van der Waals surface area contributed by atoms with Gasteiger partial charge in [-0.1, -0.05) is 6.92 Å². The maximum absolute atomic E-state index is 12.2. The normalized spacial score (nSPS) is 16.9. The van der Waals surface area contributed by atoms with Crippen molar-refractivity contribution in [2.24, 2.45) is 5.92 Å². The van der Waals surface area contributed by atoms with Crippen molar-refractivity contribution in [2.75, 3.05) is 5.32 Å². The molecule has 2 aromatic heterocycles. The molecule has 21 heavy (non-hydrogen) atoms. The number of carbonyl (C=O) groups excluding carboxylic acids is 1. The van der Waals surface area contributed by atoms with E-state index in [2.05, 4.69) is 23.3 Å². The summed E-state index contributed by atoms with van der Waals surface area (Å²) in [6.07, 6.45) is 6.18. The standard InChI is InChI=1S/C16H15N3OS/c1-10-4-5-12-13(8-17)16(21-14(12)7-10)19-15(20)11-3-2-6-18-9-11/h2-3,6,9-10H,4-5,7H2,1H3,(H,19,20)/t10-/m0/s1. The van der Waals surface area contributed by atoms with E-state index in [1.165, 1.54) is 22.4 Å². The lowest BCUT2D eigenvalue weighted by Crippen LogP contribution is -2.12. The summed E-state index contributed by atoms with van der Waals surface area (Å²) < 4.78 is 0. The van der Waals surface area contributed by atoms with E-state index in [9.17, 15) is 10.1 Å². The average molecular weight is 297 g/mol. The molecular weight excluding hydrogens is 282 g/mol. The predicted octanol–water partition coefficient (Wildman–Crippen LogP) is 3.39. The molecule has 3 rings (SSSR count). The number of rotatable bonds is 2. The highest BCUT2D eigenvalue weighted by Gasteiger charge is 2.24. The second-order valence-corrected chi connectivity index (χ2v) is 6.47. The van der Waals surface area contributed by atoms with E-state index >= 15 is 0 Å². The van der Waals surface area contributed by atoms with Gasteiger partial charge >= 0.3 is 0 Å². The SMILES string of the molecule is C[C@H]1CCc2c(sc(NC(=O)c3cccnc3)c2C#N)C1. The first-order valence-corrected chi connectivity index (χ1v) is 7.76. The van der Waals surface area contributed by atoms with E-state index in [4.69, 9.17) is 0 Å². The third-order valence-electron chi connectivity index (χ3n) is 3.77. The summed E-state index contributed by atoms with van der Waals surface area (Å²) >= 11 is 1.54. The number of aromatic nitrogens is 1. The van der Waals surface area contributed by atoms with Crippen molar-refractivity contribution in [1.29, 1.82) is 5.26 Å². The number of hydrogen-bond donors (Lipinski definition) is 1. The molecule has 1 atom stereocenters. The predicted molar refractivity (Wildman–Crippen MR) is 82.4 cm³/mol. The van der Waals surface area contributed by atoms with Crippen LogP contribution >= 0.6 is 11.3 Å². The Labute approximate surface area is 127 Å². The van der Waals surface area contributed by atoms with E-state index in [0.29, 0.717) is 22.0 Å². The molecular formula is C16H15N3OS. The molecule has 5 heteroatoms. The minimum absolute atomic E-state index is 0.216. The number of amides is 1. The van der Waals surface area contributed by atoms with Crippen molar-refractivity contribution >= 4 is 22.2 Å². The van der Waals surface area contributed by atoms with Crippen LogP contribution in [0.4, 0.5) is 5.00 Å². The molecule has 0 saturated carbocycles. The van der Waals surface area contributed by atoms with Gasteiger partial charge in [-0.15, -0.1) is 11.3 Å². The molecule has 0 unspecified atom stereocenters. The molecule has 0 spiro atoms. The second-order valence-electron chi connectivity index (χ2n) is 5.36. The summed E-state index contributed by atoms with van der Waals surface area (Å²) in [7, 11) is 0. The number of pyridine rings is 1. The van der Waals surface area contributed by atoms with E-state index in [1.54, 1.807) is 18.3 Å². The third kappa shape index (κ3) is 2.67. The smallest absolute Gasteiger partial charge is 0.257 e. The summed E-state index contributed by atoms with van der Waals surface area (Å²) in [6.45, 7) is 2.22.